The Balaban J connectivity index is 1.42. The molecule has 120 valence electrons. The number of likely N-dealkylation sites (tertiary alicyclic amines) is 1. The quantitative estimate of drug-likeness (QED) is 0.932. The fourth-order valence-electron chi connectivity index (χ4n) is 4.25. The van der Waals surface area contributed by atoms with Crippen LogP contribution in [0, 0.1) is 0 Å². The number of fused-ring (bicyclic) bond motifs is 2. The summed E-state index contributed by atoms with van der Waals surface area (Å²) in [4.78, 5) is 14.3. The molecule has 5 heteroatoms. The van der Waals surface area contributed by atoms with E-state index in [1.165, 1.54) is 38.5 Å². The van der Waals surface area contributed by atoms with Gasteiger partial charge in [0.1, 0.15) is 0 Å². The molecule has 0 spiro atoms. The van der Waals surface area contributed by atoms with Gasteiger partial charge in [-0.05, 0) is 25.7 Å². The highest BCUT2D eigenvalue weighted by atomic mass is 16.5. The van der Waals surface area contributed by atoms with Gasteiger partial charge in [-0.1, -0.05) is 24.4 Å². The van der Waals surface area contributed by atoms with Crippen molar-refractivity contribution in [3.05, 3.63) is 17.5 Å². The Morgan fingerprint density at radius 1 is 1.18 bits per heavy atom. The monoisotopic (exact) mass is 303 g/mol. The molecule has 2 atom stereocenters. The van der Waals surface area contributed by atoms with Crippen LogP contribution in [0.4, 0.5) is 0 Å². The second kappa shape index (κ2) is 6.03. The average molecular weight is 303 g/mol. The molecule has 3 fully saturated rings. The molecular weight excluding hydrogens is 278 g/mol. The Morgan fingerprint density at radius 2 is 2.00 bits per heavy atom. The summed E-state index contributed by atoms with van der Waals surface area (Å²) in [6.07, 6.45) is 9.33. The van der Waals surface area contributed by atoms with Crippen molar-refractivity contribution < 1.29 is 9.32 Å². The highest BCUT2D eigenvalue weighted by Crippen LogP contribution is 2.32. The van der Waals surface area contributed by atoms with Crippen LogP contribution < -0.4 is 5.32 Å². The summed E-state index contributed by atoms with van der Waals surface area (Å²) < 4.78 is 5.53. The first kappa shape index (κ1) is 14.2. The zero-order valence-corrected chi connectivity index (χ0v) is 13.1. The summed E-state index contributed by atoms with van der Waals surface area (Å²) in [7, 11) is 0. The van der Waals surface area contributed by atoms with Gasteiger partial charge in [-0.25, -0.2) is 0 Å². The van der Waals surface area contributed by atoms with E-state index in [1.807, 2.05) is 4.90 Å². The number of amides is 1. The van der Waals surface area contributed by atoms with E-state index >= 15 is 0 Å². The van der Waals surface area contributed by atoms with Gasteiger partial charge in [-0.15, -0.1) is 0 Å². The second-order valence-corrected chi connectivity index (χ2v) is 7.17. The van der Waals surface area contributed by atoms with E-state index in [-0.39, 0.29) is 5.91 Å². The predicted molar refractivity (Wildman–Crippen MR) is 82.3 cm³/mol. The summed E-state index contributed by atoms with van der Waals surface area (Å²) >= 11 is 0. The predicted octanol–water partition coefficient (Wildman–Crippen LogP) is 2.58. The molecule has 1 aliphatic carbocycles. The highest BCUT2D eigenvalue weighted by molar-refractivity contribution is 5.77. The van der Waals surface area contributed by atoms with Gasteiger partial charge in [-0.2, -0.15) is 0 Å². The van der Waals surface area contributed by atoms with Crippen LogP contribution in [-0.2, 0) is 11.3 Å². The van der Waals surface area contributed by atoms with E-state index in [0.717, 1.165) is 24.4 Å². The molecule has 0 aromatic carbocycles. The minimum Gasteiger partial charge on any atom is -0.359 e. The maximum absolute atomic E-state index is 12.3. The van der Waals surface area contributed by atoms with Crippen molar-refractivity contribution in [3.8, 4) is 0 Å². The molecule has 1 aromatic heterocycles. The largest absolute Gasteiger partial charge is 0.359 e. The lowest BCUT2D eigenvalue weighted by Gasteiger charge is -2.23. The molecule has 0 radical (unpaired) electrons. The van der Waals surface area contributed by atoms with Crippen LogP contribution in [0.2, 0.25) is 0 Å². The zero-order chi connectivity index (χ0) is 14.9. The van der Waals surface area contributed by atoms with Gasteiger partial charge in [0.05, 0.1) is 12.2 Å². The summed E-state index contributed by atoms with van der Waals surface area (Å²) in [5, 5.41) is 7.82. The van der Waals surface area contributed by atoms with Gasteiger partial charge in [-0.3, -0.25) is 4.79 Å². The molecular formula is C17H25N3O2. The van der Waals surface area contributed by atoms with Crippen LogP contribution in [0.1, 0.15) is 68.7 Å². The van der Waals surface area contributed by atoms with Crippen LogP contribution in [0.5, 0.6) is 0 Å². The van der Waals surface area contributed by atoms with Gasteiger partial charge in [0.2, 0.25) is 5.91 Å². The third-order valence-electron chi connectivity index (χ3n) is 5.50. The van der Waals surface area contributed by atoms with Gasteiger partial charge < -0.3 is 14.7 Å². The van der Waals surface area contributed by atoms with Crippen molar-refractivity contribution in [2.24, 2.45) is 0 Å². The Kier molecular flexibility index (Phi) is 3.90. The SMILES string of the molecule is O=C1C[C@H]2CC[C@@H](CN1Cc1cc(C3CCCCC3)no1)N2. The highest BCUT2D eigenvalue weighted by Gasteiger charge is 2.33. The Bertz CT molecular complexity index is 536. The molecule has 2 aliphatic heterocycles. The number of carbonyl (C=O) groups excluding carboxylic acids is 1. The molecule has 2 saturated heterocycles. The maximum Gasteiger partial charge on any atom is 0.224 e. The van der Waals surface area contributed by atoms with E-state index in [0.29, 0.717) is 31.0 Å². The topological polar surface area (TPSA) is 58.4 Å². The molecule has 5 nitrogen and oxygen atoms in total. The molecule has 2 bridgehead atoms. The molecule has 0 unspecified atom stereocenters. The molecule has 22 heavy (non-hydrogen) atoms. The van der Waals surface area contributed by atoms with Crippen LogP contribution >= 0.6 is 0 Å². The number of nitrogens with zero attached hydrogens (tertiary/aromatic N) is 2. The first-order valence-electron chi connectivity index (χ1n) is 8.77. The molecule has 1 N–H and O–H groups in total. The molecule has 3 aliphatic rings. The second-order valence-electron chi connectivity index (χ2n) is 7.17. The van der Waals surface area contributed by atoms with E-state index in [2.05, 4.69) is 16.5 Å². The van der Waals surface area contributed by atoms with Gasteiger partial charge in [0.15, 0.2) is 5.76 Å². The number of aromatic nitrogens is 1. The summed E-state index contributed by atoms with van der Waals surface area (Å²) in [6.45, 7) is 1.37. The van der Waals surface area contributed by atoms with Gasteiger partial charge in [0, 0.05) is 37.0 Å². The number of hydrogen-bond donors (Lipinski definition) is 1. The van der Waals surface area contributed by atoms with Crippen molar-refractivity contribution in [1.29, 1.82) is 0 Å². The van der Waals surface area contributed by atoms with Crippen molar-refractivity contribution in [1.82, 2.24) is 15.4 Å². The summed E-state index contributed by atoms with van der Waals surface area (Å²) in [5.41, 5.74) is 1.09. The number of hydrogen-bond acceptors (Lipinski definition) is 4. The average Bonchev–Trinajstić information content (AvgIpc) is 3.13. The fraction of sp³-hybridized carbons (Fsp3) is 0.765. The zero-order valence-electron chi connectivity index (χ0n) is 13.1. The fourth-order valence-corrected chi connectivity index (χ4v) is 4.25. The smallest absolute Gasteiger partial charge is 0.224 e. The molecule has 1 amide bonds. The Hall–Kier alpha value is -1.36. The van der Waals surface area contributed by atoms with E-state index in [9.17, 15) is 4.79 Å². The normalized spacial score (nSPS) is 29.8. The standard InChI is InChI=1S/C17H25N3O2/c21-17-8-13-6-7-14(18-13)10-20(17)11-15-9-16(19-22-15)12-4-2-1-3-5-12/h9,12-14,18H,1-8,10-11H2/t13-,14+/m1/s1. The molecule has 4 rings (SSSR count). The first-order valence-corrected chi connectivity index (χ1v) is 8.77. The number of carbonyl (C=O) groups is 1. The summed E-state index contributed by atoms with van der Waals surface area (Å²) in [5.74, 6) is 1.64. The minimum atomic E-state index is 0.246. The van der Waals surface area contributed by atoms with Crippen LogP contribution in [-0.4, -0.2) is 34.6 Å². The number of rotatable bonds is 3. The third-order valence-corrected chi connectivity index (χ3v) is 5.50. The lowest BCUT2D eigenvalue weighted by Crippen LogP contribution is -2.37. The van der Waals surface area contributed by atoms with Crippen LogP contribution in [0.15, 0.2) is 10.6 Å². The maximum atomic E-state index is 12.3. The van der Waals surface area contributed by atoms with Crippen molar-refractivity contribution >= 4 is 5.91 Å². The third kappa shape index (κ3) is 2.91. The van der Waals surface area contributed by atoms with E-state index in [4.69, 9.17) is 4.52 Å². The molecule has 1 saturated carbocycles. The molecule has 3 heterocycles. The Morgan fingerprint density at radius 3 is 2.86 bits per heavy atom. The van der Waals surface area contributed by atoms with E-state index < -0.39 is 0 Å². The van der Waals surface area contributed by atoms with Gasteiger partial charge in [0.25, 0.3) is 0 Å². The number of nitrogens with one attached hydrogen (secondary N) is 1. The van der Waals surface area contributed by atoms with Crippen molar-refractivity contribution in [2.75, 3.05) is 6.54 Å². The van der Waals surface area contributed by atoms with Crippen molar-refractivity contribution in [2.45, 2.75) is 75.9 Å². The molecule has 1 aromatic rings. The van der Waals surface area contributed by atoms with Crippen LogP contribution in [0.3, 0.4) is 0 Å². The van der Waals surface area contributed by atoms with Crippen LogP contribution in [0.25, 0.3) is 0 Å². The lowest BCUT2D eigenvalue weighted by atomic mass is 9.87. The van der Waals surface area contributed by atoms with E-state index in [1.54, 1.807) is 0 Å². The minimum absolute atomic E-state index is 0.246. The lowest BCUT2D eigenvalue weighted by molar-refractivity contribution is -0.132. The Labute approximate surface area is 131 Å². The van der Waals surface area contributed by atoms with Gasteiger partial charge >= 0.3 is 0 Å². The first-order chi connectivity index (χ1) is 10.8. The summed E-state index contributed by atoms with van der Waals surface area (Å²) in [6, 6.07) is 2.92. The van der Waals surface area contributed by atoms with Crippen molar-refractivity contribution in [3.63, 3.8) is 0 Å².